The lowest BCUT2D eigenvalue weighted by Crippen LogP contribution is -2.31. The first-order valence-electron chi connectivity index (χ1n) is 5.83. The largest absolute Gasteiger partial charge is 0.465 e. The van der Waals surface area contributed by atoms with E-state index in [9.17, 15) is 4.79 Å². The molecule has 0 aromatic heterocycles. The van der Waals surface area contributed by atoms with Crippen LogP contribution in [0.5, 0.6) is 0 Å². The van der Waals surface area contributed by atoms with E-state index in [0.29, 0.717) is 19.9 Å². The molecule has 1 aromatic rings. The summed E-state index contributed by atoms with van der Waals surface area (Å²) >= 11 is 0. The lowest BCUT2D eigenvalue weighted by molar-refractivity contribution is -0.145. The maximum Gasteiger partial charge on any atom is 0.320 e. The normalized spacial score (nSPS) is 20.4. The molecule has 0 radical (unpaired) electrons. The molecule has 17 heavy (non-hydrogen) atoms. The third-order valence-corrected chi connectivity index (χ3v) is 2.80. The van der Waals surface area contributed by atoms with E-state index in [0.717, 1.165) is 0 Å². The Morgan fingerprint density at radius 1 is 1.47 bits per heavy atom. The highest BCUT2D eigenvalue weighted by Gasteiger charge is 2.28. The van der Waals surface area contributed by atoms with Crippen LogP contribution in [0.25, 0.3) is 0 Å². The Hall–Kier alpha value is -1.39. The minimum Gasteiger partial charge on any atom is -0.465 e. The van der Waals surface area contributed by atoms with Crippen LogP contribution in [0, 0.1) is 0 Å². The number of nitrogens with zero attached hydrogens (tertiary/aromatic N) is 1. The van der Waals surface area contributed by atoms with E-state index < -0.39 is 0 Å². The molecule has 1 atom stereocenters. The molecule has 1 aliphatic heterocycles. The standard InChI is InChI=1S/C13H17NO3/c1-2-17-13(15)8-14-10-16-9-12(14)11-6-4-3-5-7-11/h3-7,12H,2,8-10H2,1H3/t12-/m0/s1. The number of carbonyl (C=O) groups excluding carboxylic acids is 1. The van der Waals surface area contributed by atoms with Gasteiger partial charge in [-0.1, -0.05) is 30.3 Å². The Morgan fingerprint density at radius 3 is 2.94 bits per heavy atom. The molecular formula is C13H17NO3. The smallest absolute Gasteiger partial charge is 0.320 e. The van der Waals surface area contributed by atoms with Crippen LogP contribution in [0.2, 0.25) is 0 Å². The van der Waals surface area contributed by atoms with Crippen molar-refractivity contribution in [1.82, 2.24) is 4.90 Å². The fourth-order valence-corrected chi connectivity index (χ4v) is 1.99. The molecule has 92 valence electrons. The first kappa shape index (κ1) is 12.1. The number of carbonyl (C=O) groups is 1. The van der Waals surface area contributed by atoms with Crippen molar-refractivity contribution in [3.8, 4) is 0 Å². The van der Waals surface area contributed by atoms with Gasteiger partial charge in [-0.25, -0.2) is 0 Å². The molecule has 0 N–H and O–H groups in total. The Balaban J connectivity index is 2.00. The van der Waals surface area contributed by atoms with Gasteiger partial charge in [-0.15, -0.1) is 0 Å². The summed E-state index contributed by atoms with van der Waals surface area (Å²) in [6.45, 7) is 3.63. The molecule has 1 saturated heterocycles. The highest BCUT2D eigenvalue weighted by Crippen LogP contribution is 2.25. The molecule has 0 spiro atoms. The SMILES string of the molecule is CCOC(=O)CN1COC[C@H]1c1ccccc1. The monoisotopic (exact) mass is 235 g/mol. The van der Waals surface area contributed by atoms with E-state index in [2.05, 4.69) is 12.1 Å². The average molecular weight is 235 g/mol. The molecule has 1 fully saturated rings. The van der Waals surface area contributed by atoms with Crippen molar-refractivity contribution < 1.29 is 14.3 Å². The van der Waals surface area contributed by atoms with Gasteiger partial charge < -0.3 is 9.47 Å². The lowest BCUT2D eigenvalue weighted by atomic mass is 10.1. The minimum absolute atomic E-state index is 0.153. The first-order valence-corrected chi connectivity index (χ1v) is 5.83. The quantitative estimate of drug-likeness (QED) is 0.743. The molecule has 1 heterocycles. The molecule has 4 heteroatoms. The van der Waals surface area contributed by atoms with Gasteiger partial charge in [0.15, 0.2) is 0 Å². The Kier molecular flexibility index (Phi) is 4.12. The van der Waals surface area contributed by atoms with Crippen molar-refractivity contribution in [1.29, 1.82) is 0 Å². The van der Waals surface area contributed by atoms with Crippen molar-refractivity contribution in [2.45, 2.75) is 13.0 Å². The van der Waals surface area contributed by atoms with Gasteiger partial charge in [0.25, 0.3) is 0 Å². The number of benzene rings is 1. The van der Waals surface area contributed by atoms with Crippen molar-refractivity contribution in [2.75, 3.05) is 26.5 Å². The van der Waals surface area contributed by atoms with Crippen LogP contribution in [0.1, 0.15) is 18.5 Å². The van der Waals surface area contributed by atoms with E-state index in [4.69, 9.17) is 9.47 Å². The third-order valence-electron chi connectivity index (χ3n) is 2.80. The number of hydrogen-bond donors (Lipinski definition) is 0. The maximum atomic E-state index is 11.5. The van der Waals surface area contributed by atoms with Crippen molar-refractivity contribution in [2.24, 2.45) is 0 Å². The van der Waals surface area contributed by atoms with Crippen LogP contribution >= 0.6 is 0 Å². The second kappa shape index (κ2) is 5.80. The summed E-state index contributed by atoms with van der Waals surface area (Å²) in [5, 5.41) is 0. The Bertz CT molecular complexity index is 366. The molecular weight excluding hydrogens is 218 g/mol. The molecule has 1 aromatic carbocycles. The zero-order valence-electron chi connectivity index (χ0n) is 9.96. The molecule has 0 amide bonds. The predicted molar refractivity (Wildman–Crippen MR) is 63.3 cm³/mol. The average Bonchev–Trinajstić information content (AvgIpc) is 2.78. The van der Waals surface area contributed by atoms with Crippen LogP contribution < -0.4 is 0 Å². The number of hydrogen-bond acceptors (Lipinski definition) is 4. The van der Waals surface area contributed by atoms with Crippen molar-refractivity contribution in [3.63, 3.8) is 0 Å². The van der Waals surface area contributed by atoms with Crippen LogP contribution in [-0.4, -0.2) is 37.4 Å². The molecule has 0 bridgehead atoms. The van der Waals surface area contributed by atoms with E-state index in [1.807, 2.05) is 30.0 Å². The second-order valence-corrected chi connectivity index (χ2v) is 3.98. The summed E-state index contributed by atoms with van der Waals surface area (Å²) in [5.74, 6) is -0.195. The van der Waals surface area contributed by atoms with Gasteiger partial charge in [-0.3, -0.25) is 9.69 Å². The van der Waals surface area contributed by atoms with Crippen molar-refractivity contribution in [3.05, 3.63) is 35.9 Å². The fraction of sp³-hybridized carbons (Fsp3) is 0.462. The molecule has 0 unspecified atom stereocenters. The minimum atomic E-state index is -0.195. The van der Waals surface area contributed by atoms with Gasteiger partial charge in [-0.2, -0.15) is 0 Å². The fourth-order valence-electron chi connectivity index (χ4n) is 1.99. The Morgan fingerprint density at radius 2 is 2.24 bits per heavy atom. The number of esters is 1. The van der Waals surface area contributed by atoms with Crippen LogP contribution in [0.4, 0.5) is 0 Å². The summed E-state index contributed by atoms with van der Waals surface area (Å²) in [4.78, 5) is 13.4. The van der Waals surface area contributed by atoms with Gasteiger partial charge in [-0.05, 0) is 12.5 Å². The van der Waals surface area contributed by atoms with Crippen LogP contribution in [-0.2, 0) is 14.3 Å². The highest BCUT2D eigenvalue weighted by molar-refractivity contribution is 5.71. The lowest BCUT2D eigenvalue weighted by Gasteiger charge is -2.21. The van der Waals surface area contributed by atoms with Crippen molar-refractivity contribution >= 4 is 5.97 Å². The van der Waals surface area contributed by atoms with Gasteiger partial charge >= 0.3 is 5.97 Å². The third kappa shape index (κ3) is 3.05. The summed E-state index contributed by atoms with van der Waals surface area (Å²) < 4.78 is 10.4. The zero-order valence-corrected chi connectivity index (χ0v) is 9.96. The summed E-state index contributed by atoms with van der Waals surface area (Å²) in [6.07, 6.45) is 0. The summed E-state index contributed by atoms with van der Waals surface area (Å²) in [7, 11) is 0. The molecule has 1 aliphatic rings. The van der Waals surface area contributed by atoms with Crippen LogP contribution in [0.3, 0.4) is 0 Å². The van der Waals surface area contributed by atoms with Gasteiger partial charge in [0.2, 0.25) is 0 Å². The van der Waals surface area contributed by atoms with E-state index >= 15 is 0 Å². The van der Waals surface area contributed by atoms with Crippen LogP contribution in [0.15, 0.2) is 30.3 Å². The maximum absolute atomic E-state index is 11.5. The number of rotatable bonds is 4. The first-order chi connectivity index (χ1) is 8.31. The predicted octanol–water partition coefficient (Wildman–Crippen LogP) is 1.58. The van der Waals surface area contributed by atoms with Gasteiger partial charge in [0, 0.05) is 0 Å². The topological polar surface area (TPSA) is 38.8 Å². The molecule has 0 saturated carbocycles. The zero-order chi connectivity index (χ0) is 12.1. The van der Waals surface area contributed by atoms with E-state index in [1.165, 1.54) is 5.56 Å². The van der Waals surface area contributed by atoms with Gasteiger partial charge in [0.05, 0.1) is 25.8 Å². The van der Waals surface area contributed by atoms with E-state index in [-0.39, 0.29) is 18.6 Å². The molecule has 0 aliphatic carbocycles. The summed E-state index contributed by atoms with van der Waals surface area (Å²) in [6, 6.07) is 10.2. The highest BCUT2D eigenvalue weighted by atomic mass is 16.5. The van der Waals surface area contributed by atoms with E-state index in [1.54, 1.807) is 0 Å². The molecule has 2 rings (SSSR count). The second-order valence-electron chi connectivity index (χ2n) is 3.98. The number of ether oxygens (including phenoxy) is 2. The molecule has 4 nitrogen and oxygen atoms in total. The summed E-state index contributed by atoms with van der Waals surface area (Å²) in [5.41, 5.74) is 1.18. The van der Waals surface area contributed by atoms with Gasteiger partial charge in [0.1, 0.15) is 6.73 Å². The Labute approximate surface area is 101 Å².